The van der Waals surface area contributed by atoms with Gasteiger partial charge >= 0.3 is 0 Å². The summed E-state index contributed by atoms with van der Waals surface area (Å²) in [6, 6.07) is 1.95. The van der Waals surface area contributed by atoms with Crippen molar-refractivity contribution in [2.24, 2.45) is 7.05 Å². The van der Waals surface area contributed by atoms with Crippen LogP contribution in [0.25, 0.3) is 11.0 Å². The monoisotopic (exact) mass is 278 g/mol. The van der Waals surface area contributed by atoms with E-state index < -0.39 is 10.8 Å². The van der Waals surface area contributed by atoms with Gasteiger partial charge in [0, 0.05) is 42.5 Å². The van der Waals surface area contributed by atoms with Gasteiger partial charge in [-0.25, -0.2) is 4.98 Å². The van der Waals surface area contributed by atoms with Gasteiger partial charge in [-0.15, -0.1) is 0 Å². The van der Waals surface area contributed by atoms with E-state index in [1.165, 1.54) is 6.42 Å². The first-order valence-corrected chi connectivity index (χ1v) is 8.02. The minimum atomic E-state index is -0.783. The molecule has 2 aromatic rings. The molecule has 102 valence electrons. The van der Waals surface area contributed by atoms with Gasteiger partial charge in [-0.05, 0) is 18.9 Å². The molecule has 2 aromatic heterocycles. The number of hydrogen-bond acceptors (Lipinski definition) is 4. The number of pyridine rings is 1. The fraction of sp³-hybridized carbons (Fsp3) is 0.538. The summed E-state index contributed by atoms with van der Waals surface area (Å²) in [5.74, 6) is 0. The van der Waals surface area contributed by atoms with E-state index in [1.807, 2.05) is 25.6 Å². The first kappa shape index (κ1) is 12.6. The average molecular weight is 278 g/mol. The van der Waals surface area contributed by atoms with Crippen LogP contribution >= 0.6 is 0 Å². The molecule has 3 rings (SSSR count). The fourth-order valence-corrected chi connectivity index (χ4v) is 3.73. The lowest BCUT2D eigenvalue weighted by Gasteiger charge is -2.40. The van der Waals surface area contributed by atoms with E-state index in [1.54, 1.807) is 10.9 Å². The van der Waals surface area contributed by atoms with Crippen molar-refractivity contribution in [3.05, 3.63) is 18.5 Å². The summed E-state index contributed by atoms with van der Waals surface area (Å²) in [4.78, 5) is 4.32. The van der Waals surface area contributed by atoms with Gasteiger partial charge in [0.05, 0.1) is 16.3 Å². The molecular weight excluding hydrogens is 260 g/mol. The Bertz CT molecular complexity index is 633. The summed E-state index contributed by atoms with van der Waals surface area (Å²) in [6.45, 7) is 0.754. The lowest BCUT2D eigenvalue weighted by molar-refractivity contribution is 0.368. The molecule has 5 nitrogen and oxygen atoms in total. The highest BCUT2D eigenvalue weighted by Gasteiger charge is 2.40. The number of aromatic nitrogens is 3. The van der Waals surface area contributed by atoms with E-state index in [0.717, 1.165) is 36.1 Å². The predicted molar refractivity (Wildman–Crippen MR) is 77.6 cm³/mol. The second-order valence-electron chi connectivity index (χ2n) is 5.21. The molecule has 2 heterocycles. The number of fused-ring (bicyclic) bond motifs is 1. The Morgan fingerprint density at radius 2 is 2.32 bits per heavy atom. The number of nitrogens with one attached hydrogen (secondary N) is 1. The Kier molecular flexibility index (Phi) is 3.05. The molecular formula is C13H18N4OS. The van der Waals surface area contributed by atoms with Crippen molar-refractivity contribution in [1.82, 2.24) is 14.8 Å². The van der Waals surface area contributed by atoms with E-state index in [-0.39, 0.29) is 4.75 Å². The quantitative estimate of drug-likeness (QED) is 0.924. The van der Waals surface area contributed by atoms with Crippen LogP contribution in [0.2, 0.25) is 0 Å². The van der Waals surface area contributed by atoms with Crippen LogP contribution in [-0.2, 0) is 17.8 Å². The summed E-state index contributed by atoms with van der Waals surface area (Å²) in [5.41, 5.74) is 1.89. The molecule has 6 heteroatoms. The van der Waals surface area contributed by atoms with Crippen molar-refractivity contribution in [1.29, 1.82) is 0 Å². The summed E-state index contributed by atoms with van der Waals surface area (Å²) in [5, 5.41) is 8.68. The number of rotatable bonds is 4. The van der Waals surface area contributed by atoms with Crippen LogP contribution in [0.5, 0.6) is 0 Å². The van der Waals surface area contributed by atoms with Gasteiger partial charge in [0.25, 0.3) is 0 Å². The topological polar surface area (TPSA) is 59.8 Å². The largest absolute Gasteiger partial charge is 0.383 e. The lowest BCUT2D eigenvalue weighted by Crippen LogP contribution is -2.47. The van der Waals surface area contributed by atoms with Crippen LogP contribution in [0.4, 0.5) is 5.69 Å². The summed E-state index contributed by atoms with van der Waals surface area (Å²) < 4.78 is 13.6. The zero-order chi connectivity index (χ0) is 13.5. The fourth-order valence-electron chi connectivity index (χ4n) is 2.59. The molecule has 0 radical (unpaired) electrons. The highest BCUT2D eigenvalue weighted by atomic mass is 32.2. The van der Waals surface area contributed by atoms with Gasteiger partial charge in [0.15, 0.2) is 5.65 Å². The molecule has 1 fully saturated rings. The van der Waals surface area contributed by atoms with Crippen LogP contribution in [-0.4, -0.2) is 36.5 Å². The van der Waals surface area contributed by atoms with Crippen LogP contribution in [0.3, 0.4) is 0 Å². The van der Waals surface area contributed by atoms with Gasteiger partial charge in [-0.2, -0.15) is 5.10 Å². The Morgan fingerprint density at radius 3 is 2.95 bits per heavy atom. The average Bonchev–Trinajstić information content (AvgIpc) is 2.70. The SMILES string of the molecule is Cn1ncc2c(NCC3(S(C)=O)CCC3)ccnc21. The van der Waals surface area contributed by atoms with E-state index in [2.05, 4.69) is 15.4 Å². The van der Waals surface area contributed by atoms with E-state index >= 15 is 0 Å². The molecule has 0 bridgehead atoms. The number of hydrogen-bond donors (Lipinski definition) is 1. The van der Waals surface area contributed by atoms with Crippen molar-refractivity contribution in [3.8, 4) is 0 Å². The standard InChI is InChI=1S/C13H18N4OS/c1-17-12-10(8-16-17)11(4-7-14-12)15-9-13(19(2)18)5-3-6-13/h4,7-8H,3,5-6,9H2,1-2H3,(H,14,15). The Labute approximate surface area is 114 Å². The van der Waals surface area contributed by atoms with Crippen molar-refractivity contribution < 1.29 is 4.21 Å². The summed E-state index contributed by atoms with van der Waals surface area (Å²) in [6.07, 6.45) is 8.69. The minimum Gasteiger partial charge on any atom is -0.383 e. The Morgan fingerprint density at radius 1 is 1.53 bits per heavy atom. The normalized spacial score (nSPS) is 19.1. The zero-order valence-electron chi connectivity index (χ0n) is 11.2. The second kappa shape index (κ2) is 4.59. The third-order valence-electron chi connectivity index (χ3n) is 4.11. The smallest absolute Gasteiger partial charge is 0.159 e. The van der Waals surface area contributed by atoms with Crippen LogP contribution < -0.4 is 5.32 Å². The summed E-state index contributed by atoms with van der Waals surface area (Å²) >= 11 is 0. The number of nitrogens with zero attached hydrogens (tertiary/aromatic N) is 3. The minimum absolute atomic E-state index is 0.0438. The van der Waals surface area contributed by atoms with E-state index in [0.29, 0.717) is 0 Å². The molecule has 1 N–H and O–H groups in total. The molecule has 1 unspecified atom stereocenters. The van der Waals surface area contributed by atoms with Gasteiger partial charge in [-0.1, -0.05) is 6.42 Å². The van der Waals surface area contributed by atoms with Gasteiger partial charge in [-0.3, -0.25) is 8.89 Å². The number of anilines is 1. The molecule has 1 aliphatic rings. The molecule has 1 atom stereocenters. The van der Waals surface area contributed by atoms with E-state index in [9.17, 15) is 4.21 Å². The van der Waals surface area contributed by atoms with Crippen LogP contribution in [0.1, 0.15) is 19.3 Å². The van der Waals surface area contributed by atoms with Gasteiger partial charge in [0.1, 0.15) is 0 Å². The maximum atomic E-state index is 11.9. The number of aryl methyl sites for hydroxylation is 1. The van der Waals surface area contributed by atoms with E-state index in [4.69, 9.17) is 0 Å². The second-order valence-corrected chi connectivity index (χ2v) is 6.98. The lowest BCUT2D eigenvalue weighted by atomic mass is 9.84. The van der Waals surface area contributed by atoms with Crippen molar-refractivity contribution in [2.75, 3.05) is 18.1 Å². The highest BCUT2D eigenvalue weighted by molar-refractivity contribution is 7.85. The zero-order valence-corrected chi connectivity index (χ0v) is 12.0. The third-order valence-corrected chi connectivity index (χ3v) is 5.88. The molecule has 19 heavy (non-hydrogen) atoms. The Balaban J connectivity index is 1.84. The predicted octanol–water partition coefficient (Wildman–Crippen LogP) is 1.68. The van der Waals surface area contributed by atoms with Crippen molar-refractivity contribution >= 4 is 27.5 Å². The molecule has 1 saturated carbocycles. The maximum Gasteiger partial charge on any atom is 0.159 e. The molecule has 0 spiro atoms. The molecule has 0 amide bonds. The van der Waals surface area contributed by atoms with Gasteiger partial charge in [0.2, 0.25) is 0 Å². The first-order valence-electron chi connectivity index (χ1n) is 6.46. The van der Waals surface area contributed by atoms with Gasteiger partial charge < -0.3 is 5.32 Å². The highest BCUT2D eigenvalue weighted by Crippen LogP contribution is 2.37. The maximum absolute atomic E-state index is 11.9. The van der Waals surface area contributed by atoms with Crippen molar-refractivity contribution in [2.45, 2.75) is 24.0 Å². The third kappa shape index (κ3) is 2.04. The summed E-state index contributed by atoms with van der Waals surface area (Å²) in [7, 11) is 1.10. The van der Waals surface area contributed by atoms with Crippen LogP contribution in [0, 0.1) is 0 Å². The molecule has 0 aromatic carbocycles. The first-order chi connectivity index (χ1) is 9.12. The van der Waals surface area contributed by atoms with Crippen LogP contribution in [0.15, 0.2) is 18.5 Å². The molecule has 1 aliphatic carbocycles. The molecule has 0 aliphatic heterocycles. The van der Waals surface area contributed by atoms with Crippen molar-refractivity contribution in [3.63, 3.8) is 0 Å². The molecule has 0 saturated heterocycles. The Hall–Kier alpha value is -1.43.